The fraction of sp³-hybridized carbons (Fsp3) is 0.0943. The topological polar surface area (TPSA) is 301 Å². The number of para-hydroxylation sites is 3. The van der Waals surface area contributed by atoms with Crippen LogP contribution in [0.15, 0.2) is 121 Å². The zero-order valence-corrected chi connectivity index (χ0v) is 54.4. The van der Waals surface area contributed by atoms with Gasteiger partial charge in [-0.15, -0.1) is 13.2 Å². The molecule has 82 heavy (non-hydrogen) atoms. The van der Waals surface area contributed by atoms with Crippen molar-refractivity contribution in [1.82, 2.24) is 43.9 Å². The van der Waals surface area contributed by atoms with E-state index in [1.165, 1.54) is 0 Å². The number of imidazole rings is 3. The zero-order valence-electron chi connectivity index (χ0n) is 43.5. The molecular weight excluding hydrogens is 1380 g/mol. The van der Waals surface area contributed by atoms with Crippen molar-refractivity contribution in [2.75, 3.05) is 45.4 Å². The maximum absolute atomic E-state index is 12.7. The van der Waals surface area contributed by atoms with Gasteiger partial charge in [-0.1, -0.05) is 100.0 Å². The van der Waals surface area contributed by atoms with E-state index in [-0.39, 0.29) is 42.8 Å². The molecule has 0 saturated carbocycles. The van der Waals surface area contributed by atoms with Crippen molar-refractivity contribution in [2.24, 2.45) is 32.6 Å². The van der Waals surface area contributed by atoms with E-state index in [4.69, 9.17) is 102 Å². The number of hydrogen-bond acceptors (Lipinski definition) is 14. The number of hydrogen-bond donors (Lipinski definition) is 10. The Morgan fingerprint density at radius 2 is 0.988 bits per heavy atom. The Morgan fingerprint density at radius 1 is 0.598 bits per heavy atom. The Labute approximate surface area is 519 Å². The average Bonchev–Trinajstić information content (AvgIpc) is 2.87. The molecule has 0 saturated heterocycles. The van der Waals surface area contributed by atoms with Gasteiger partial charge in [0, 0.05) is 39.9 Å². The summed E-state index contributed by atoms with van der Waals surface area (Å²) in [6.45, 7) is 8.25. The molecule has 10 aromatic rings. The summed E-state index contributed by atoms with van der Waals surface area (Å²) in [6.07, 6.45) is 3.36. The van der Waals surface area contributed by atoms with Crippen LogP contribution in [-0.4, -0.2) is 68.6 Å². The summed E-state index contributed by atoms with van der Waals surface area (Å²) >= 11 is 42.3. The number of primary amides is 2. The van der Waals surface area contributed by atoms with Gasteiger partial charge in [0.1, 0.15) is 0 Å². The van der Waals surface area contributed by atoms with E-state index >= 15 is 0 Å². The van der Waals surface area contributed by atoms with Crippen molar-refractivity contribution < 1.29 is 38.4 Å². The first kappa shape index (κ1) is 62.1. The third kappa shape index (κ3) is 13.5. The number of H-pyrrole nitrogens is 1. The number of anilines is 9. The fourth-order valence-corrected chi connectivity index (χ4v) is 9.94. The number of nitrogen functional groups attached to an aromatic ring is 1. The SMILES string of the molecule is C=CCNC(=S)Nc1ccc2nc(Nc3c(Cl)cccc3Cl)n(C)c2c1C(N)=O.C=CCNc1nc2ccc3nc(Nc4c(Cl)cccc4Cl)n(C)c3c2c(=O)[nH]1.Cn1c(Nc2c(Cl)cccc2Cl)nc2ccc(N)c(C(N)=O)c21.[O]=[Hg]. The van der Waals surface area contributed by atoms with E-state index in [0.717, 1.165) is 0 Å². The monoisotopic (exact) mass is 1430 g/mol. The molecule has 21 nitrogen and oxygen atoms in total. The number of amides is 2. The molecule has 0 radical (unpaired) electrons. The van der Waals surface area contributed by atoms with E-state index in [1.807, 2.05) is 13.1 Å². The number of nitrogens with zero attached hydrogens (tertiary/aromatic N) is 7. The van der Waals surface area contributed by atoms with Gasteiger partial charge in [-0.25, -0.2) is 19.9 Å². The third-order valence-electron chi connectivity index (χ3n) is 12.0. The van der Waals surface area contributed by atoms with Gasteiger partial charge in [0.05, 0.1) is 108 Å². The molecule has 2 amide bonds. The molecule has 418 valence electrons. The molecule has 0 spiro atoms. The van der Waals surface area contributed by atoms with Crippen LogP contribution in [0, 0.1) is 0 Å². The number of aromatic amines is 1. The second kappa shape index (κ2) is 27.5. The van der Waals surface area contributed by atoms with Gasteiger partial charge in [0.15, 0.2) is 5.11 Å². The fourth-order valence-electron chi connectivity index (χ4n) is 8.27. The Hall–Kier alpha value is -7.54. The Kier molecular flexibility index (Phi) is 20.8. The van der Waals surface area contributed by atoms with E-state index in [2.05, 4.69) is 70.0 Å². The van der Waals surface area contributed by atoms with E-state index < -0.39 is 11.8 Å². The van der Waals surface area contributed by atoms with Crippen LogP contribution in [0.1, 0.15) is 20.7 Å². The summed E-state index contributed by atoms with van der Waals surface area (Å²) in [5.74, 6) is 0.573. The number of aromatic nitrogens is 8. The standard InChI is InChI=1S/C19H18Cl2N6OS.C19H16Cl2N6O.C15H13Cl2N5O.Hg.O/c1-3-9-23-19(29)25-12-7-8-13-16(14(12)17(22)28)27(2)18(24-13)26-15-10(20)5-4-6-11(15)21;1-3-9-22-18-23-12-7-8-13-16(14(12)17(28)26-18)27(2)19(24-13)25-15-10(20)5-4-6-11(15)21;1-22-13-10(6-5-9(18)11(13)14(19)23)20-15(22)21-12-7(16)3-2-4-8(12)17;;/h3-8H,1,9H2,2H3,(H2,22,28)(H,24,26)(H2,23,25,29);3-8H,1,9H2,2H3,(H,24,25)(H2,22,23,26,28);2-6H,18H2,1H3,(H2,19,23)(H,20,21);;. The van der Waals surface area contributed by atoms with Crippen LogP contribution < -0.4 is 54.7 Å². The zero-order chi connectivity index (χ0) is 59.7. The van der Waals surface area contributed by atoms with Crippen molar-refractivity contribution in [3.63, 3.8) is 0 Å². The summed E-state index contributed by atoms with van der Waals surface area (Å²) in [7, 11) is 5.31. The summed E-state index contributed by atoms with van der Waals surface area (Å²) in [5, 5.41) is 21.8. The average molecular weight is 1430 g/mol. The Bertz CT molecular complexity index is 4150. The number of halogens is 6. The van der Waals surface area contributed by atoms with Crippen LogP contribution >= 0.6 is 81.8 Å². The normalized spacial score (nSPS) is 10.7. The number of benzene rings is 6. The van der Waals surface area contributed by atoms with Crippen molar-refractivity contribution in [1.29, 1.82) is 0 Å². The van der Waals surface area contributed by atoms with Crippen LogP contribution in [0.25, 0.3) is 44.0 Å². The van der Waals surface area contributed by atoms with E-state index in [1.54, 1.807) is 125 Å². The molecule has 0 aliphatic rings. The van der Waals surface area contributed by atoms with Gasteiger partial charge in [-0.05, 0) is 85.0 Å². The molecule has 13 N–H and O–H groups in total. The minimum atomic E-state index is -0.616. The first-order valence-electron chi connectivity index (χ1n) is 23.9. The van der Waals surface area contributed by atoms with Crippen LogP contribution in [0.3, 0.4) is 0 Å². The minimum absolute atomic E-state index is 0.222. The van der Waals surface area contributed by atoms with Crippen molar-refractivity contribution in [3.8, 4) is 0 Å². The van der Waals surface area contributed by atoms with Crippen LogP contribution in [0.5, 0.6) is 0 Å². The number of nitrogens with two attached hydrogens (primary N) is 3. The molecule has 0 aliphatic carbocycles. The van der Waals surface area contributed by atoms with Gasteiger partial charge >= 0.3 is 28.8 Å². The van der Waals surface area contributed by atoms with Crippen molar-refractivity contribution >= 4 is 195 Å². The number of thiocarbonyl (C=S) groups is 1. The Morgan fingerprint density at radius 3 is 1.43 bits per heavy atom. The summed E-state index contributed by atoms with van der Waals surface area (Å²) < 4.78 is 13.6. The molecule has 4 heterocycles. The van der Waals surface area contributed by atoms with E-state index in [0.29, 0.717) is 145 Å². The van der Waals surface area contributed by atoms with Crippen molar-refractivity contribution in [3.05, 3.63) is 168 Å². The number of carbonyl (C=O) groups is 2. The first-order chi connectivity index (χ1) is 39.2. The number of nitrogens with one attached hydrogen (secondary N) is 7. The van der Waals surface area contributed by atoms with Gasteiger partial charge in [-0.2, -0.15) is 0 Å². The number of rotatable bonds is 14. The molecule has 0 aliphatic heterocycles. The predicted octanol–water partition coefficient (Wildman–Crippen LogP) is 11.8. The van der Waals surface area contributed by atoms with E-state index in [9.17, 15) is 14.4 Å². The molecule has 0 unspecified atom stereocenters. The van der Waals surface area contributed by atoms with Crippen LogP contribution in [-0.2, 0) is 49.9 Å². The van der Waals surface area contributed by atoms with Gasteiger partial charge < -0.3 is 62.8 Å². The second-order valence-corrected chi connectivity index (χ2v) is 20.0. The van der Waals surface area contributed by atoms with Crippen LogP contribution in [0.4, 0.5) is 52.2 Å². The summed E-state index contributed by atoms with van der Waals surface area (Å²) in [4.78, 5) is 57.5. The van der Waals surface area contributed by atoms with Crippen LogP contribution in [0.2, 0.25) is 30.1 Å². The molecule has 4 aromatic heterocycles. The summed E-state index contributed by atoms with van der Waals surface area (Å²) in [5.41, 5.74) is 23.7. The number of carbonyl (C=O) groups excluding carboxylic acids is 2. The number of fused-ring (bicyclic) bond motifs is 5. The summed E-state index contributed by atoms with van der Waals surface area (Å²) in [6, 6.07) is 26.0. The number of aryl methyl sites for hydroxylation is 3. The first-order valence-corrected chi connectivity index (χ1v) is 28.8. The molecule has 0 atom stereocenters. The van der Waals surface area contributed by atoms with Crippen molar-refractivity contribution in [2.45, 2.75) is 0 Å². The van der Waals surface area contributed by atoms with Gasteiger partial charge in [0.25, 0.3) is 17.4 Å². The second-order valence-electron chi connectivity index (χ2n) is 17.2. The molecule has 10 rings (SSSR count). The molecule has 29 heteroatoms. The molecular formula is C53H47Cl6HgN17O4S. The van der Waals surface area contributed by atoms with Gasteiger partial charge in [-0.3, -0.25) is 19.4 Å². The molecule has 6 aromatic carbocycles. The molecule has 0 fully saturated rings. The maximum atomic E-state index is 12.7. The third-order valence-corrected chi connectivity index (χ3v) is 14.1. The predicted molar refractivity (Wildman–Crippen MR) is 333 cm³/mol. The molecule has 0 bridgehead atoms. The van der Waals surface area contributed by atoms with Gasteiger partial charge in [0.2, 0.25) is 23.8 Å². The Balaban J connectivity index is 0.000000175. The quantitative estimate of drug-likeness (QED) is 0.0209.